The van der Waals surface area contributed by atoms with Crippen molar-refractivity contribution in [2.24, 2.45) is 4.99 Å². The van der Waals surface area contributed by atoms with Gasteiger partial charge in [0.15, 0.2) is 5.82 Å². The van der Waals surface area contributed by atoms with Crippen molar-refractivity contribution in [3.05, 3.63) is 76.3 Å². The maximum Gasteiger partial charge on any atom is 0.291 e. The molecule has 1 aliphatic rings. The molecule has 0 spiro atoms. The zero-order valence-corrected chi connectivity index (χ0v) is 15.1. The molecule has 3 aromatic rings. The smallest absolute Gasteiger partial charge is 0.291 e. The average molecular weight is 366 g/mol. The van der Waals surface area contributed by atoms with Gasteiger partial charge in [0.25, 0.3) is 5.91 Å². The minimum absolute atomic E-state index is 0.215. The van der Waals surface area contributed by atoms with Crippen molar-refractivity contribution in [2.75, 3.05) is 14.1 Å². The summed E-state index contributed by atoms with van der Waals surface area (Å²) in [5.41, 5.74) is 3.43. The van der Waals surface area contributed by atoms with Crippen molar-refractivity contribution < 1.29 is 4.79 Å². The molecule has 1 aliphatic heterocycles. The first kappa shape index (κ1) is 16.5. The van der Waals surface area contributed by atoms with Crippen LogP contribution in [0.2, 0.25) is 5.02 Å². The molecule has 0 saturated carbocycles. The Labute approximate surface area is 155 Å². The Morgan fingerprint density at radius 1 is 1.12 bits per heavy atom. The topological polar surface area (TPSA) is 63.4 Å². The summed E-state index contributed by atoms with van der Waals surface area (Å²) in [6.07, 6.45) is 0. The van der Waals surface area contributed by atoms with Gasteiger partial charge in [-0.2, -0.15) is 0 Å². The molecule has 0 aliphatic carbocycles. The van der Waals surface area contributed by atoms with Crippen LogP contribution in [0, 0.1) is 0 Å². The Kier molecular flexibility index (Phi) is 4.05. The van der Waals surface area contributed by atoms with Crippen LogP contribution in [0.5, 0.6) is 0 Å². The number of hydrogen-bond acceptors (Lipinski definition) is 4. The Balaban J connectivity index is 1.97. The van der Waals surface area contributed by atoms with Crippen LogP contribution in [-0.4, -0.2) is 45.4 Å². The predicted molar refractivity (Wildman–Crippen MR) is 100 cm³/mol. The number of hydrogen-bond donors (Lipinski definition) is 0. The van der Waals surface area contributed by atoms with Crippen LogP contribution < -0.4 is 0 Å². The number of nitrogens with zero attached hydrogens (tertiary/aromatic N) is 5. The number of rotatable bonds is 2. The van der Waals surface area contributed by atoms with E-state index in [1.54, 1.807) is 24.7 Å². The van der Waals surface area contributed by atoms with Crippen LogP contribution in [0.4, 0.5) is 0 Å². The number of carbonyl (C=O) groups excluding carboxylic acids is 1. The second-order valence-electron chi connectivity index (χ2n) is 6.17. The van der Waals surface area contributed by atoms with Crippen molar-refractivity contribution in [1.82, 2.24) is 19.7 Å². The Hall–Kier alpha value is -2.99. The first-order valence-electron chi connectivity index (χ1n) is 8.12. The van der Waals surface area contributed by atoms with Crippen molar-refractivity contribution in [2.45, 2.75) is 6.54 Å². The van der Waals surface area contributed by atoms with Gasteiger partial charge in [-0.25, -0.2) is 0 Å². The lowest BCUT2D eigenvalue weighted by Crippen LogP contribution is -2.25. The highest BCUT2D eigenvalue weighted by atomic mass is 35.5. The molecule has 6 nitrogen and oxygen atoms in total. The molecule has 0 unspecified atom stereocenters. The normalized spacial score (nSPS) is 12.7. The van der Waals surface area contributed by atoms with E-state index in [-0.39, 0.29) is 11.7 Å². The summed E-state index contributed by atoms with van der Waals surface area (Å²) in [6.45, 7) is 0.324. The number of carbonyl (C=O) groups is 1. The Morgan fingerprint density at radius 2 is 1.88 bits per heavy atom. The number of aliphatic imine (C=N–C) groups is 1. The van der Waals surface area contributed by atoms with Crippen LogP contribution in [-0.2, 0) is 6.54 Å². The van der Waals surface area contributed by atoms with Crippen LogP contribution >= 0.6 is 11.6 Å². The second kappa shape index (κ2) is 6.38. The summed E-state index contributed by atoms with van der Waals surface area (Å²) in [5, 5.41) is 8.90. The molecule has 0 fully saturated rings. The fraction of sp³-hybridized carbons (Fsp3) is 0.158. The van der Waals surface area contributed by atoms with E-state index < -0.39 is 0 Å². The first-order valence-corrected chi connectivity index (χ1v) is 8.50. The van der Waals surface area contributed by atoms with Gasteiger partial charge >= 0.3 is 0 Å². The zero-order chi connectivity index (χ0) is 18.3. The van der Waals surface area contributed by atoms with E-state index in [2.05, 4.69) is 10.2 Å². The van der Waals surface area contributed by atoms with Gasteiger partial charge in [0.2, 0.25) is 5.82 Å². The molecule has 0 saturated heterocycles. The summed E-state index contributed by atoms with van der Waals surface area (Å²) in [5.74, 6) is 0.663. The molecule has 1 aromatic heterocycles. The summed E-state index contributed by atoms with van der Waals surface area (Å²) in [7, 11) is 3.38. The second-order valence-corrected chi connectivity index (χ2v) is 6.60. The lowest BCUT2D eigenvalue weighted by Gasteiger charge is -2.15. The molecule has 0 radical (unpaired) electrons. The Bertz CT molecular complexity index is 1020. The molecule has 130 valence electrons. The number of aromatic nitrogens is 3. The number of halogens is 1. The van der Waals surface area contributed by atoms with Gasteiger partial charge in [0, 0.05) is 30.2 Å². The minimum atomic E-state index is -0.215. The lowest BCUT2D eigenvalue weighted by atomic mass is 10.0. The van der Waals surface area contributed by atoms with Gasteiger partial charge in [0.05, 0.1) is 11.4 Å². The number of fused-ring (bicyclic) bond motifs is 3. The van der Waals surface area contributed by atoms with Gasteiger partial charge in [0.1, 0.15) is 6.54 Å². The third-order valence-electron chi connectivity index (χ3n) is 4.21. The minimum Gasteiger partial charge on any atom is -0.342 e. The van der Waals surface area contributed by atoms with Crippen LogP contribution in [0.25, 0.3) is 5.69 Å². The summed E-state index contributed by atoms with van der Waals surface area (Å²) < 4.78 is 1.77. The summed E-state index contributed by atoms with van der Waals surface area (Å²) in [4.78, 5) is 18.8. The van der Waals surface area contributed by atoms with Crippen molar-refractivity contribution >= 4 is 23.2 Å². The SMILES string of the molecule is CN(C)C(=O)c1nnc2n1-c1ccc(Cl)cc1C(c1ccccc1)=NC2. The van der Waals surface area contributed by atoms with Gasteiger partial charge in [-0.05, 0) is 18.2 Å². The maximum atomic E-state index is 12.6. The monoisotopic (exact) mass is 365 g/mol. The predicted octanol–water partition coefficient (Wildman–Crippen LogP) is 2.97. The molecule has 26 heavy (non-hydrogen) atoms. The van der Waals surface area contributed by atoms with Crippen molar-refractivity contribution in [3.63, 3.8) is 0 Å². The largest absolute Gasteiger partial charge is 0.342 e. The molecule has 0 bridgehead atoms. The van der Waals surface area contributed by atoms with E-state index in [4.69, 9.17) is 16.6 Å². The molecule has 7 heteroatoms. The quantitative estimate of drug-likeness (QED) is 0.701. The number of benzene rings is 2. The third-order valence-corrected chi connectivity index (χ3v) is 4.44. The molecule has 2 heterocycles. The van der Waals surface area contributed by atoms with E-state index in [9.17, 15) is 4.79 Å². The standard InChI is InChI=1S/C19H16ClN5O/c1-24(2)19(26)18-23-22-16-11-21-17(12-6-4-3-5-7-12)14-10-13(20)8-9-15(14)25(16)18/h3-10H,11H2,1-2H3. The molecule has 4 rings (SSSR count). The van der Waals surface area contributed by atoms with E-state index in [0.717, 1.165) is 22.5 Å². The van der Waals surface area contributed by atoms with E-state index in [0.29, 0.717) is 17.4 Å². The van der Waals surface area contributed by atoms with Crippen molar-refractivity contribution in [1.29, 1.82) is 0 Å². The fourth-order valence-electron chi connectivity index (χ4n) is 2.98. The maximum absolute atomic E-state index is 12.6. The van der Waals surface area contributed by atoms with E-state index in [1.165, 1.54) is 4.90 Å². The molecule has 0 atom stereocenters. The molecular weight excluding hydrogens is 350 g/mol. The highest BCUT2D eigenvalue weighted by Gasteiger charge is 2.26. The lowest BCUT2D eigenvalue weighted by molar-refractivity contribution is 0.0813. The average Bonchev–Trinajstić information content (AvgIpc) is 2.99. The van der Waals surface area contributed by atoms with Crippen LogP contribution in [0.1, 0.15) is 27.6 Å². The highest BCUT2D eigenvalue weighted by molar-refractivity contribution is 6.31. The molecular formula is C19H16ClN5O. The van der Waals surface area contributed by atoms with Gasteiger partial charge in [-0.15, -0.1) is 10.2 Å². The molecule has 2 aromatic carbocycles. The summed E-state index contributed by atoms with van der Waals surface area (Å²) in [6, 6.07) is 15.4. The Morgan fingerprint density at radius 3 is 2.62 bits per heavy atom. The van der Waals surface area contributed by atoms with Gasteiger partial charge < -0.3 is 4.90 Å². The molecule has 0 N–H and O–H groups in total. The van der Waals surface area contributed by atoms with Crippen molar-refractivity contribution in [3.8, 4) is 5.69 Å². The van der Waals surface area contributed by atoms with Gasteiger partial charge in [-0.1, -0.05) is 41.9 Å². The van der Waals surface area contributed by atoms with Crippen LogP contribution in [0.3, 0.4) is 0 Å². The third kappa shape index (κ3) is 2.68. The molecule has 1 amide bonds. The number of amides is 1. The zero-order valence-electron chi connectivity index (χ0n) is 14.3. The highest BCUT2D eigenvalue weighted by Crippen LogP contribution is 2.28. The fourth-order valence-corrected chi connectivity index (χ4v) is 3.15. The summed E-state index contributed by atoms with van der Waals surface area (Å²) >= 11 is 6.27. The van der Waals surface area contributed by atoms with E-state index >= 15 is 0 Å². The van der Waals surface area contributed by atoms with Gasteiger partial charge in [-0.3, -0.25) is 14.4 Å². The van der Waals surface area contributed by atoms with Crippen LogP contribution in [0.15, 0.2) is 53.5 Å². The van der Waals surface area contributed by atoms with E-state index in [1.807, 2.05) is 42.5 Å². The first-order chi connectivity index (χ1) is 12.6.